The highest BCUT2D eigenvalue weighted by Gasteiger charge is 2.13. The summed E-state index contributed by atoms with van der Waals surface area (Å²) < 4.78 is 2.06. The van der Waals surface area contributed by atoms with E-state index in [9.17, 15) is 0 Å². The van der Waals surface area contributed by atoms with Crippen LogP contribution in [0.2, 0.25) is 0 Å². The van der Waals surface area contributed by atoms with Crippen LogP contribution in [0.1, 0.15) is 31.2 Å². The largest absolute Gasteiger partial charge is 0.320 e. The fourth-order valence-electron chi connectivity index (χ4n) is 1.68. The van der Waals surface area contributed by atoms with Gasteiger partial charge in [-0.05, 0) is 24.1 Å². The molecule has 1 aromatic rings. The van der Waals surface area contributed by atoms with E-state index >= 15 is 0 Å². The smallest absolute Gasteiger partial charge is 0.0967 e. The zero-order valence-electron chi connectivity index (χ0n) is 8.41. The molecule has 1 aliphatic heterocycles. The van der Waals surface area contributed by atoms with Gasteiger partial charge in [0.25, 0.3) is 0 Å². The number of hydrogen-bond acceptors (Lipinski definition) is 2. The van der Waals surface area contributed by atoms with E-state index in [0.29, 0.717) is 12.5 Å². The molecular formula is C11H13N3. The molecule has 0 unspecified atom stereocenters. The first-order valence-corrected chi connectivity index (χ1v) is 4.78. The molecule has 0 spiro atoms. The van der Waals surface area contributed by atoms with Crippen molar-refractivity contribution in [1.29, 1.82) is 5.26 Å². The number of nitrogens with one attached hydrogen (secondary N) is 1. The number of hydrogen-bond donors (Lipinski definition) is 1. The second-order valence-corrected chi connectivity index (χ2v) is 3.79. The maximum Gasteiger partial charge on any atom is 0.0967 e. The molecule has 0 aliphatic carbocycles. The second kappa shape index (κ2) is 3.22. The van der Waals surface area contributed by atoms with Crippen molar-refractivity contribution in [2.24, 2.45) is 0 Å². The third-order valence-corrected chi connectivity index (χ3v) is 2.43. The van der Waals surface area contributed by atoms with E-state index in [0.717, 1.165) is 11.3 Å². The summed E-state index contributed by atoms with van der Waals surface area (Å²) in [7, 11) is 0. The zero-order valence-corrected chi connectivity index (χ0v) is 8.41. The van der Waals surface area contributed by atoms with Gasteiger partial charge in [0.1, 0.15) is 0 Å². The Labute approximate surface area is 83.6 Å². The van der Waals surface area contributed by atoms with Crippen molar-refractivity contribution in [1.82, 2.24) is 4.68 Å². The molecule has 0 amide bonds. The summed E-state index contributed by atoms with van der Waals surface area (Å²) in [5, 5.41) is 8.77. The van der Waals surface area contributed by atoms with Crippen LogP contribution in [0.4, 0.5) is 0 Å². The fourth-order valence-corrected chi connectivity index (χ4v) is 1.68. The molecule has 1 aliphatic rings. The van der Waals surface area contributed by atoms with Gasteiger partial charge in [0.05, 0.1) is 23.9 Å². The molecular weight excluding hydrogens is 174 g/mol. The van der Waals surface area contributed by atoms with Gasteiger partial charge in [0, 0.05) is 5.69 Å². The van der Waals surface area contributed by atoms with Crippen molar-refractivity contribution in [3.63, 3.8) is 0 Å². The molecule has 1 aromatic heterocycles. The lowest BCUT2D eigenvalue weighted by Gasteiger charge is -2.19. The Morgan fingerprint density at radius 3 is 2.93 bits per heavy atom. The highest BCUT2D eigenvalue weighted by atomic mass is 15.4. The molecule has 72 valence electrons. The average Bonchev–Trinajstić information content (AvgIpc) is 2.59. The second-order valence-electron chi connectivity index (χ2n) is 3.79. The van der Waals surface area contributed by atoms with Crippen molar-refractivity contribution in [3.8, 4) is 6.07 Å². The minimum atomic E-state index is 0.494. The molecule has 1 N–H and O–H groups in total. The summed E-state index contributed by atoms with van der Waals surface area (Å²) in [6.07, 6.45) is 1.93. The van der Waals surface area contributed by atoms with Gasteiger partial charge in [0.2, 0.25) is 0 Å². The third kappa shape index (κ3) is 1.29. The lowest BCUT2D eigenvalue weighted by molar-refractivity contribution is 0.726. The third-order valence-electron chi connectivity index (χ3n) is 2.43. The van der Waals surface area contributed by atoms with Gasteiger partial charge in [-0.2, -0.15) is 5.26 Å². The van der Waals surface area contributed by atoms with Crippen LogP contribution in [0.5, 0.6) is 0 Å². The minimum Gasteiger partial charge on any atom is -0.320 e. The van der Waals surface area contributed by atoms with Crippen LogP contribution in [0, 0.1) is 11.3 Å². The number of rotatable bonds is 1. The number of fused-ring (bicyclic) bond motifs is 1. The van der Waals surface area contributed by atoms with Crippen LogP contribution < -0.4 is 5.43 Å². The molecule has 0 radical (unpaired) electrons. The van der Waals surface area contributed by atoms with E-state index in [-0.39, 0.29) is 0 Å². The number of aromatic nitrogens is 1. The summed E-state index contributed by atoms with van der Waals surface area (Å²) in [5.41, 5.74) is 6.33. The van der Waals surface area contributed by atoms with Crippen molar-refractivity contribution < 1.29 is 0 Å². The molecule has 0 atom stereocenters. The summed E-state index contributed by atoms with van der Waals surface area (Å²) in [6.45, 7) is 4.94. The molecule has 2 rings (SSSR count). The predicted molar refractivity (Wildman–Crippen MR) is 56.3 cm³/mol. The molecule has 0 fully saturated rings. The van der Waals surface area contributed by atoms with E-state index in [1.165, 1.54) is 5.69 Å². The lowest BCUT2D eigenvalue weighted by Crippen LogP contribution is -2.24. The predicted octanol–water partition coefficient (Wildman–Crippen LogP) is 2.08. The molecule has 3 nitrogen and oxygen atoms in total. The van der Waals surface area contributed by atoms with Crippen molar-refractivity contribution >= 4 is 6.08 Å². The molecule has 0 saturated carbocycles. The first-order chi connectivity index (χ1) is 6.72. The van der Waals surface area contributed by atoms with E-state index in [2.05, 4.69) is 36.1 Å². The molecule has 14 heavy (non-hydrogen) atoms. The SMILES string of the molecule is CC(C)c1ccc2n1NCC(C#N)=C2. The first-order valence-electron chi connectivity index (χ1n) is 4.78. The quantitative estimate of drug-likeness (QED) is 0.731. The topological polar surface area (TPSA) is 40.8 Å². The Morgan fingerprint density at radius 2 is 2.29 bits per heavy atom. The van der Waals surface area contributed by atoms with Gasteiger partial charge < -0.3 is 5.43 Å². The highest BCUT2D eigenvalue weighted by molar-refractivity contribution is 5.59. The molecule has 2 heterocycles. The average molecular weight is 187 g/mol. The molecule has 0 aromatic carbocycles. The zero-order chi connectivity index (χ0) is 10.1. The van der Waals surface area contributed by atoms with Crippen molar-refractivity contribution in [2.75, 3.05) is 12.0 Å². The Bertz CT molecular complexity index is 418. The van der Waals surface area contributed by atoms with Gasteiger partial charge in [0.15, 0.2) is 0 Å². The Kier molecular flexibility index (Phi) is 2.05. The van der Waals surface area contributed by atoms with Crippen molar-refractivity contribution in [3.05, 3.63) is 29.1 Å². The Hall–Kier alpha value is -1.69. The van der Waals surface area contributed by atoms with E-state index in [1.54, 1.807) is 0 Å². The number of nitrogens with zero attached hydrogens (tertiary/aromatic N) is 2. The van der Waals surface area contributed by atoms with E-state index in [1.807, 2.05) is 12.1 Å². The Balaban J connectivity index is 2.45. The molecule has 3 heteroatoms. The molecule has 0 saturated heterocycles. The minimum absolute atomic E-state index is 0.494. The van der Waals surface area contributed by atoms with Gasteiger partial charge in [-0.1, -0.05) is 13.8 Å². The standard InChI is InChI=1S/C11H13N3/c1-8(2)11-4-3-10-5-9(6-12)7-13-14(10)11/h3-5,8,13H,7H2,1-2H3. The van der Waals surface area contributed by atoms with Crippen LogP contribution in [-0.2, 0) is 0 Å². The summed E-state index contributed by atoms with van der Waals surface area (Å²) in [5.74, 6) is 0.494. The maximum absolute atomic E-state index is 8.77. The highest BCUT2D eigenvalue weighted by Crippen LogP contribution is 2.21. The number of nitriles is 1. The van der Waals surface area contributed by atoms with Crippen LogP contribution in [0.15, 0.2) is 17.7 Å². The van der Waals surface area contributed by atoms with Crippen LogP contribution in [0.25, 0.3) is 6.08 Å². The van der Waals surface area contributed by atoms with E-state index < -0.39 is 0 Å². The fraction of sp³-hybridized carbons (Fsp3) is 0.364. The van der Waals surface area contributed by atoms with Gasteiger partial charge in [-0.15, -0.1) is 0 Å². The molecule has 0 bridgehead atoms. The normalized spacial score (nSPS) is 14.3. The van der Waals surface area contributed by atoms with Crippen LogP contribution in [-0.4, -0.2) is 11.2 Å². The van der Waals surface area contributed by atoms with Gasteiger partial charge in [-0.25, -0.2) is 0 Å². The summed E-state index contributed by atoms with van der Waals surface area (Å²) in [6, 6.07) is 6.31. The van der Waals surface area contributed by atoms with E-state index in [4.69, 9.17) is 5.26 Å². The van der Waals surface area contributed by atoms with Crippen molar-refractivity contribution in [2.45, 2.75) is 19.8 Å². The lowest BCUT2D eigenvalue weighted by atomic mass is 10.1. The Morgan fingerprint density at radius 1 is 1.50 bits per heavy atom. The van der Waals surface area contributed by atoms with Crippen LogP contribution >= 0.6 is 0 Å². The summed E-state index contributed by atoms with van der Waals surface area (Å²) in [4.78, 5) is 0. The first kappa shape index (κ1) is 8.89. The van der Waals surface area contributed by atoms with Gasteiger partial charge >= 0.3 is 0 Å². The maximum atomic E-state index is 8.77. The van der Waals surface area contributed by atoms with Gasteiger partial charge in [-0.3, -0.25) is 4.68 Å². The summed E-state index contributed by atoms with van der Waals surface area (Å²) >= 11 is 0. The van der Waals surface area contributed by atoms with Crippen LogP contribution in [0.3, 0.4) is 0 Å². The monoisotopic (exact) mass is 187 g/mol.